The Morgan fingerprint density at radius 2 is 1.90 bits per heavy atom. The van der Waals surface area contributed by atoms with Gasteiger partial charge in [-0.25, -0.2) is 4.79 Å². The average molecular weight is 421 g/mol. The molecule has 1 aromatic rings. The second-order valence-corrected chi connectivity index (χ2v) is 5.75. The molecule has 0 unspecified atom stereocenters. The van der Waals surface area contributed by atoms with Crippen molar-refractivity contribution in [3.8, 4) is 5.75 Å². The lowest BCUT2D eigenvalue weighted by atomic mass is 10.1. The molecule has 1 rings (SSSR count). The number of rotatable bonds is 10. The normalized spacial score (nSPS) is 11.3. The third kappa shape index (κ3) is 9.13. The van der Waals surface area contributed by atoms with E-state index in [2.05, 4.69) is 15.4 Å². The van der Waals surface area contributed by atoms with Gasteiger partial charge in [0.2, 0.25) is 0 Å². The molecule has 0 fully saturated rings. The molecule has 30 heavy (non-hydrogen) atoms. The first-order valence-corrected chi connectivity index (χ1v) is 9.44. The van der Waals surface area contributed by atoms with E-state index in [1.165, 1.54) is 20.3 Å². The molecule has 0 spiro atoms. The minimum Gasteiger partial charge on any atom is -0.496 e. The zero-order valence-electron chi connectivity index (χ0n) is 18.1. The van der Waals surface area contributed by atoms with E-state index in [1.807, 2.05) is 13.8 Å². The third-order valence-corrected chi connectivity index (χ3v) is 3.78. The number of nitrogens with two attached hydrogens (primary N) is 1. The summed E-state index contributed by atoms with van der Waals surface area (Å²) in [5.74, 6) is -0.397. The van der Waals surface area contributed by atoms with Crippen LogP contribution in [0.1, 0.15) is 44.7 Å². The number of aldehydes is 1. The fourth-order valence-electron chi connectivity index (χ4n) is 2.26. The van der Waals surface area contributed by atoms with Gasteiger partial charge < -0.3 is 25.6 Å². The summed E-state index contributed by atoms with van der Waals surface area (Å²) in [6.07, 6.45) is 1.74. The summed E-state index contributed by atoms with van der Waals surface area (Å²) in [6.45, 7) is 6.28. The van der Waals surface area contributed by atoms with Crippen molar-refractivity contribution < 1.29 is 29.0 Å². The van der Waals surface area contributed by atoms with Gasteiger partial charge in [0, 0.05) is 29.8 Å². The third-order valence-electron chi connectivity index (χ3n) is 3.78. The number of carboxylic acid groups (broad SMARTS) is 1. The minimum atomic E-state index is -0.846. The summed E-state index contributed by atoms with van der Waals surface area (Å²) in [4.78, 5) is 32.9. The molecule has 9 heteroatoms. The summed E-state index contributed by atoms with van der Waals surface area (Å²) in [5.41, 5.74) is 8.61. The molecule has 0 atom stereocenters. The molecule has 9 nitrogen and oxygen atoms in total. The fraction of sp³-hybridized carbons (Fsp3) is 0.381. The second-order valence-electron chi connectivity index (χ2n) is 5.75. The van der Waals surface area contributed by atoms with Gasteiger partial charge in [-0.1, -0.05) is 26.0 Å². The van der Waals surface area contributed by atoms with Crippen molar-refractivity contribution in [3.63, 3.8) is 0 Å². The van der Waals surface area contributed by atoms with Crippen molar-refractivity contribution in [2.45, 2.75) is 33.6 Å². The molecule has 0 saturated carbocycles. The van der Waals surface area contributed by atoms with Crippen molar-refractivity contribution in [2.24, 2.45) is 5.73 Å². The Kier molecular flexibility index (Phi) is 12.8. The molecule has 1 aromatic carbocycles. The SMILES string of the molecule is CC.COC(=O)N/C(C=O)=C/c1ccc(/C(N)=C(\C)NCCCC(=O)O)cc1OC. The Morgan fingerprint density at radius 1 is 1.23 bits per heavy atom. The van der Waals surface area contributed by atoms with Gasteiger partial charge in [0.15, 0.2) is 6.29 Å². The molecule has 166 valence electrons. The van der Waals surface area contributed by atoms with Crippen LogP contribution in [0.2, 0.25) is 0 Å². The maximum Gasteiger partial charge on any atom is 0.411 e. The van der Waals surface area contributed by atoms with Crippen molar-refractivity contribution in [2.75, 3.05) is 20.8 Å². The number of carbonyl (C=O) groups excluding carboxylic acids is 2. The second kappa shape index (κ2) is 14.5. The standard InChI is InChI=1S/C19H25N3O6.C2H6/c1-12(21-8-4-5-17(24)25)18(20)14-7-6-13(16(10-14)27-2)9-15(11-23)22-19(26)28-3;1-2/h6-7,9-11,21H,4-5,8,20H2,1-3H3,(H,22,26)(H,24,25);1-2H3/b15-9+,18-12-;. The highest BCUT2D eigenvalue weighted by Crippen LogP contribution is 2.25. The van der Waals surface area contributed by atoms with Crippen LogP contribution >= 0.6 is 0 Å². The highest BCUT2D eigenvalue weighted by molar-refractivity contribution is 5.88. The Bertz CT molecular complexity index is 787. The summed E-state index contributed by atoms with van der Waals surface area (Å²) in [5, 5.41) is 14.0. The number of carboxylic acids is 1. The van der Waals surface area contributed by atoms with Gasteiger partial charge in [-0.05, 0) is 25.5 Å². The Labute approximate surface area is 176 Å². The number of hydrogen-bond acceptors (Lipinski definition) is 7. The van der Waals surface area contributed by atoms with E-state index in [9.17, 15) is 14.4 Å². The number of nitrogens with one attached hydrogen (secondary N) is 2. The number of benzene rings is 1. The molecule has 1 amide bonds. The highest BCUT2D eigenvalue weighted by atomic mass is 16.5. The van der Waals surface area contributed by atoms with Crippen LogP contribution in [0, 0.1) is 0 Å². The van der Waals surface area contributed by atoms with Crippen LogP contribution in [0.15, 0.2) is 29.6 Å². The topological polar surface area (TPSA) is 140 Å². The Morgan fingerprint density at radius 3 is 2.43 bits per heavy atom. The molecule has 0 aliphatic heterocycles. The van der Waals surface area contributed by atoms with Crippen LogP contribution in [0.5, 0.6) is 5.75 Å². The van der Waals surface area contributed by atoms with Crippen LogP contribution in [-0.4, -0.2) is 44.2 Å². The van der Waals surface area contributed by atoms with E-state index in [-0.39, 0.29) is 12.1 Å². The van der Waals surface area contributed by atoms with Crippen LogP contribution in [-0.2, 0) is 14.3 Å². The zero-order valence-corrected chi connectivity index (χ0v) is 18.1. The summed E-state index contributed by atoms with van der Waals surface area (Å²) in [6, 6.07) is 5.14. The number of carbonyl (C=O) groups is 3. The molecule has 0 heterocycles. The predicted octanol–water partition coefficient (Wildman–Crippen LogP) is 2.72. The lowest BCUT2D eigenvalue weighted by molar-refractivity contribution is -0.137. The maximum atomic E-state index is 11.3. The van der Waals surface area contributed by atoms with Gasteiger partial charge in [0.1, 0.15) is 5.75 Å². The van der Waals surface area contributed by atoms with Crippen molar-refractivity contribution in [1.82, 2.24) is 10.6 Å². The number of hydrogen-bond donors (Lipinski definition) is 4. The number of ether oxygens (including phenoxy) is 2. The van der Waals surface area contributed by atoms with Crippen molar-refractivity contribution in [1.29, 1.82) is 0 Å². The molecule has 0 aliphatic rings. The Hall–Kier alpha value is -3.49. The van der Waals surface area contributed by atoms with Crippen LogP contribution in [0.4, 0.5) is 4.79 Å². The summed E-state index contributed by atoms with van der Waals surface area (Å²) < 4.78 is 9.81. The van der Waals surface area contributed by atoms with E-state index < -0.39 is 12.1 Å². The smallest absolute Gasteiger partial charge is 0.411 e. The lowest BCUT2D eigenvalue weighted by Gasteiger charge is -2.13. The van der Waals surface area contributed by atoms with Crippen molar-refractivity contribution in [3.05, 3.63) is 40.7 Å². The molecule has 0 saturated heterocycles. The highest BCUT2D eigenvalue weighted by Gasteiger charge is 2.09. The molecular formula is C21H31N3O6. The Balaban J connectivity index is 0.00000407. The van der Waals surface area contributed by atoms with E-state index in [4.69, 9.17) is 15.6 Å². The van der Waals surface area contributed by atoms with Gasteiger partial charge in [0.05, 0.1) is 25.6 Å². The predicted molar refractivity (Wildman–Crippen MR) is 116 cm³/mol. The quantitative estimate of drug-likeness (QED) is 0.257. The van der Waals surface area contributed by atoms with Gasteiger partial charge in [-0.3, -0.25) is 14.9 Å². The molecular weight excluding hydrogens is 390 g/mol. The van der Waals surface area contributed by atoms with Gasteiger partial charge >= 0.3 is 12.1 Å². The monoisotopic (exact) mass is 421 g/mol. The minimum absolute atomic E-state index is 0.0118. The first-order valence-electron chi connectivity index (χ1n) is 9.44. The maximum absolute atomic E-state index is 11.3. The van der Waals surface area contributed by atoms with E-state index in [1.54, 1.807) is 25.1 Å². The fourth-order valence-corrected chi connectivity index (χ4v) is 2.26. The molecule has 0 aliphatic carbocycles. The first-order chi connectivity index (χ1) is 14.3. The number of allylic oxidation sites excluding steroid dienone is 2. The lowest BCUT2D eigenvalue weighted by Crippen LogP contribution is -2.22. The summed E-state index contributed by atoms with van der Waals surface area (Å²) in [7, 11) is 2.67. The van der Waals surface area contributed by atoms with Gasteiger partial charge in [0.25, 0.3) is 0 Å². The molecule has 0 bridgehead atoms. The zero-order chi connectivity index (χ0) is 23.1. The number of amides is 1. The van der Waals surface area contributed by atoms with E-state index >= 15 is 0 Å². The number of alkyl carbamates (subject to hydrolysis) is 1. The van der Waals surface area contributed by atoms with E-state index in [0.29, 0.717) is 47.5 Å². The summed E-state index contributed by atoms with van der Waals surface area (Å²) >= 11 is 0. The molecule has 5 N–H and O–H groups in total. The van der Waals surface area contributed by atoms with Crippen LogP contribution in [0.3, 0.4) is 0 Å². The number of aliphatic carboxylic acids is 1. The largest absolute Gasteiger partial charge is 0.496 e. The first kappa shape index (κ1) is 26.5. The molecule has 0 aromatic heterocycles. The van der Waals surface area contributed by atoms with Gasteiger partial charge in [-0.15, -0.1) is 0 Å². The molecule has 0 radical (unpaired) electrons. The van der Waals surface area contributed by atoms with E-state index in [0.717, 1.165) is 0 Å². The van der Waals surface area contributed by atoms with Crippen LogP contribution < -0.4 is 21.1 Å². The van der Waals surface area contributed by atoms with Crippen molar-refractivity contribution >= 4 is 30.1 Å². The number of methoxy groups -OCH3 is 2. The van der Waals surface area contributed by atoms with Gasteiger partial charge in [-0.2, -0.15) is 0 Å². The average Bonchev–Trinajstić information content (AvgIpc) is 2.76. The van der Waals surface area contributed by atoms with Crippen LogP contribution in [0.25, 0.3) is 11.8 Å².